The molecule has 0 bridgehead atoms. The average Bonchev–Trinajstić information content (AvgIpc) is 3.33. The standard InChI is InChI=1S/C23H21Cl2N7O4S/c1-32(2)23(34)29-11-5-6-15(26-8-11)30-21-20-18(27-10-28-21)12(9-37-20)22(33)31-19-16(24)13(35-3)7-14(36-4)17(19)25/h5-10H,1-4H3,(H,29,34)(H,31,33)(H,26,27,28,30). The Labute approximate surface area is 225 Å². The van der Waals surface area contributed by atoms with Gasteiger partial charge >= 0.3 is 6.03 Å². The van der Waals surface area contributed by atoms with Crippen molar-refractivity contribution in [3.8, 4) is 11.5 Å². The summed E-state index contributed by atoms with van der Waals surface area (Å²) < 4.78 is 11.2. The number of aromatic nitrogens is 3. The lowest BCUT2D eigenvalue weighted by Gasteiger charge is -2.15. The molecule has 3 N–H and O–H groups in total. The highest BCUT2D eigenvalue weighted by Crippen LogP contribution is 2.44. The van der Waals surface area contributed by atoms with Gasteiger partial charge in [0.2, 0.25) is 0 Å². The van der Waals surface area contributed by atoms with Crippen molar-refractivity contribution in [3.63, 3.8) is 0 Å². The monoisotopic (exact) mass is 561 g/mol. The number of amides is 3. The highest BCUT2D eigenvalue weighted by molar-refractivity contribution is 7.18. The quantitative estimate of drug-likeness (QED) is 0.269. The van der Waals surface area contributed by atoms with Gasteiger partial charge in [0, 0.05) is 25.5 Å². The number of halogens is 2. The van der Waals surface area contributed by atoms with E-state index in [2.05, 4.69) is 30.9 Å². The maximum absolute atomic E-state index is 13.2. The van der Waals surface area contributed by atoms with Crippen LogP contribution < -0.4 is 25.4 Å². The van der Waals surface area contributed by atoms with Gasteiger partial charge in [0.15, 0.2) is 5.82 Å². The van der Waals surface area contributed by atoms with E-state index in [4.69, 9.17) is 32.7 Å². The van der Waals surface area contributed by atoms with Crippen LogP contribution in [0.3, 0.4) is 0 Å². The fourth-order valence-electron chi connectivity index (χ4n) is 3.18. The van der Waals surface area contributed by atoms with Crippen LogP contribution in [0.5, 0.6) is 11.5 Å². The number of ether oxygens (including phenoxy) is 2. The van der Waals surface area contributed by atoms with Crippen LogP contribution in [0.4, 0.5) is 27.8 Å². The molecule has 0 spiro atoms. The van der Waals surface area contributed by atoms with Crippen molar-refractivity contribution in [2.45, 2.75) is 0 Å². The molecule has 37 heavy (non-hydrogen) atoms. The number of thiophene rings is 1. The summed E-state index contributed by atoms with van der Waals surface area (Å²) in [5.41, 5.74) is 1.42. The van der Waals surface area contributed by atoms with Gasteiger partial charge in [0.05, 0.1) is 47.6 Å². The number of fused-ring (bicyclic) bond motifs is 1. The van der Waals surface area contributed by atoms with Crippen LogP contribution in [-0.2, 0) is 0 Å². The molecule has 0 saturated carbocycles. The first-order chi connectivity index (χ1) is 17.7. The highest BCUT2D eigenvalue weighted by atomic mass is 35.5. The minimum absolute atomic E-state index is 0.134. The minimum atomic E-state index is -0.478. The first kappa shape index (κ1) is 26.2. The van der Waals surface area contributed by atoms with Crippen molar-refractivity contribution in [3.05, 3.63) is 51.7 Å². The summed E-state index contributed by atoms with van der Waals surface area (Å²) in [6.07, 6.45) is 2.86. The number of urea groups is 1. The van der Waals surface area contributed by atoms with E-state index in [0.717, 1.165) is 0 Å². The molecular formula is C23H21Cl2N7O4S. The Morgan fingerprint density at radius 1 is 1.00 bits per heavy atom. The van der Waals surface area contributed by atoms with E-state index in [1.54, 1.807) is 31.6 Å². The zero-order valence-electron chi connectivity index (χ0n) is 20.1. The van der Waals surface area contributed by atoms with Crippen molar-refractivity contribution < 1.29 is 19.1 Å². The van der Waals surface area contributed by atoms with Crippen LogP contribution >= 0.6 is 34.5 Å². The molecule has 3 amide bonds. The molecule has 0 aliphatic rings. The second-order valence-electron chi connectivity index (χ2n) is 7.67. The summed E-state index contributed by atoms with van der Waals surface area (Å²) in [7, 11) is 6.18. The zero-order valence-corrected chi connectivity index (χ0v) is 22.4. The fraction of sp³-hybridized carbons (Fsp3) is 0.174. The van der Waals surface area contributed by atoms with E-state index in [-0.39, 0.29) is 21.8 Å². The number of pyridine rings is 1. The van der Waals surface area contributed by atoms with Gasteiger partial charge in [-0.15, -0.1) is 11.3 Å². The highest BCUT2D eigenvalue weighted by Gasteiger charge is 2.22. The van der Waals surface area contributed by atoms with Gasteiger partial charge < -0.3 is 30.3 Å². The topological polar surface area (TPSA) is 131 Å². The Bertz CT molecular complexity index is 1450. The van der Waals surface area contributed by atoms with Crippen LogP contribution in [0.2, 0.25) is 10.0 Å². The number of anilines is 4. The average molecular weight is 562 g/mol. The van der Waals surface area contributed by atoms with Crippen molar-refractivity contribution >= 4 is 79.7 Å². The first-order valence-electron chi connectivity index (χ1n) is 10.6. The molecule has 0 aliphatic heterocycles. The number of carbonyl (C=O) groups excluding carboxylic acids is 2. The molecule has 0 unspecified atom stereocenters. The fourth-order valence-corrected chi connectivity index (χ4v) is 4.71. The summed E-state index contributed by atoms with van der Waals surface area (Å²) >= 11 is 14.1. The largest absolute Gasteiger partial charge is 0.495 e. The SMILES string of the molecule is COc1cc(OC)c(Cl)c(NC(=O)c2csc3c(Nc4ccc(NC(=O)N(C)C)cn4)ncnc23)c1Cl. The normalized spacial score (nSPS) is 10.6. The van der Waals surface area contributed by atoms with Crippen molar-refractivity contribution in [1.29, 1.82) is 0 Å². The smallest absolute Gasteiger partial charge is 0.321 e. The molecule has 0 atom stereocenters. The van der Waals surface area contributed by atoms with Gasteiger partial charge in [-0.05, 0) is 12.1 Å². The van der Waals surface area contributed by atoms with E-state index in [9.17, 15) is 9.59 Å². The van der Waals surface area contributed by atoms with E-state index in [0.29, 0.717) is 44.6 Å². The Morgan fingerprint density at radius 2 is 1.70 bits per heavy atom. The summed E-state index contributed by atoms with van der Waals surface area (Å²) in [5, 5.41) is 10.5. The molecule has 3 heterocycles. The number of nitrogens with zero attached hydrogens (tertiary/aromatic N) is 4. The van der Waals surface area contributed by atoms with Crippen LogP contribution in [0, 0.1) is 0 Å². The molecule has 0 saturated heterocycles. The Hall–Kier alpha value is -3.87. The molecule has 14 heteroatoms. The maximum atomic E-state index is 13.2. The number of hydrogen-bond donors (Lipinski definition) is 3. The molecule has 11 nitrogen and oxygen atoms in total. The lowest BCUT2D eigenvalue weighted by molar-refractivity contribution is 0.102. The third-order valence-corrected chi connectivity index (χ3v) is 6.80. The zero-order chi connectivity index (χ0) is 26.7. The van der Waals surface area contributed by atoms with Gasteiger partial charge in [-0.25, -0.2) is 19.7 Å². The molecule has 0 fully saturated rings. The first-order valence-corrected chi connectivity index (χ1v) is 12.2. The minimum Gasteiger partial charge on any atom is -0.495 e. The molecule has 0 radical (unpaired) electrons. The van der Waals surface area contributed by atoms with E-state index < -0.39 is 5.91 Å². The second-order valence-corrected chi connectivity index (χ2v) is 9.30. The van der Waals surface area contributed by atoms with Gasteiger partial charge in [0.1, 0.15) is 33.7 Å². The summed E-state index contributed by atoms with van der Waals surface area (Å²) in [6.45, 7) is 0. The summed E-state index contributed by atoms with van der Waals surface area (Å²) in [4.78, 5) is 39.3. The van der Waals surface area contributed by atoms with Crippen LogP contribution in [0.1, 0.15) is 10.4 Å². The number of carbonyl (C=O) groups is 2. The predicted molar refractivity (Wildman–Crippen MR) is 145 cm³/mol. The van der Waals surface area contributed by atoms with Gasteiger partial charge in [-0.3, -0.25) is 4.79 Å². The van der Waals surface area contributed by atoms with Gasteiger partial charge in [-0.1, -0.05) is 23.2 Å². The predicted octanol–water partition coefficient (Wildman–Crippen LogP) is 5.50. The van der Waals surface area contributed by atoms with E-state index in [1.807, 2.05) is 0 Å². The molecule has 0 aliphatic carbocycles. The Morgan fingerprint density at radius 3 is 2.30 bits per heavy atom. The third-order valence-electron chi connectivity index (χ3n) is 5.08. The molecule has 3 aromatic heterocycles. The number of hydrogen-bond acceptors (Lipinski definition) is 9. The maximum Gasteiger partial charge on any atom is 0.321 e. The molecule has 4 aromatic rings. The molecule has 192 valence electrons. The van der Waals surface area contributed by atoms with Gasteiger partial charge in [-0.2, -0.15) is 0 Å². The molecular weight excluding hydrogens is 541 g/mol. The molecule has 1 aromatic carbocycles. The second kappa shape index (κ2) is 11.0. The van der Waals surface area contributed by atoms with E-state index in [1.165, 1.54) is 49.0 Å². The number of nitrogens with one attached hydrogen (secondary N) is 3. The third kappa shape index (κ3) is 5.45. The summed E-state index contributed by atoms with van der Waals surface area (Å²) in [6, 6.07) is 4.67. The van der Waals surface area contributed by atoms with Crippen molar-refractivity contribution in [2.24, 2.45) is 0 Å². The Balaban J connectivity index is 1.58. The van der Waals surface area contributed by atoms with Crippen LogP contribution in [0.15, 0.2) is 36.1 Å². The van der Waals surface area contributed by atoms with Crippen LogP contribution in [0.25, 0.3) is 10.2 Å². The van der Waals surface area contributed by atoms with Gasteiger partial charge in [0.25, 0.3) is 5.91 Å². The molecule has 4 rings (SSSR count). The Kier molecular flexibility index (Phi) is 7.81. The number of benzene rings is 1. The van der Waals surface area contributed by atoms with Crippen molar-refractivity contribution in [2.75, 3.05) is 44.3 Å². The van der Waals surface area contributed by atoms with Crippen molar-refractivity contribution in [1.82, 2.24) is 19.9 Å². The van der Waals surface area contributed by atoms with E-state index >= 15 is 0 Å². The van der Waals surface area contributed by atoms with Crippen LogP contribution in [-0.4, -0.2) is 60.1 Å². The lowest BCUT2D eigenvalue weighted by Crippen LogP contribution is -2.27. The number of rotatable bonds is 7. The lowest BCUT2D eigenvalue weighted by atomic mass is 10.2. The summed E-state index contributed by atoms with van der Waals surface area (Å²) in [5.74, 6) is 1.06. The number of methoxy groups -OCH3 is 2.